The molecule has 1 aliphatic heterocycles. The monoisotopic (exact) mass is 304 g/mol. The number of aliphatic hydroxyl groups excluding tert-OH is 1. The molecule has 5 atom stereocenters. The summed E-state index contributed by atoms with van der Waals surface area (Å²) in [6.45, 7) is 5.21. The van der Waals surface area contributed by atoms with Crippen molar-refractivity contribution in [3.8, 4) is 0 Å². The molecule has 1 N–H and O–H groups in total. The molecular formula is C13H20O8. The van der Waals surface area contributed by atoms with Gasteiger partial charge >= 0.3 is 17.9 Å². The lowest BCUT2D eigenvalue weighted by Gasteiger charge is -2.42. The zero-order valence-electron chi connectivity index (χ0n) is 12.4. The number of carbonyl (C=O) groups is 3. The van der Waals surface area contributed by atoms with Gasteiger partial charge in [-0.05, 0) is 0 Å². The lowest BCUT2D eigenvalue weighted by molar-refractivity contribution is -0.280. The molecule has 0 aromatic carbocycles. The van der Waals surface area contributed by atoms with E-state index >= 15 is 0 Å². The maximum atomic E-state index is 11.2. The number of hydrogen-bond donors (Lipinski definition) is 1. The maximum Gasteiger partial charge on any atom is 0.303 e. The lowest BCUT2D eigenvalue weighted by atomic mass is 9.90. The highest BCUT2D eigenvalue weighted by Crippen LogP contribution is 2.29. The Morgan fingerprint density at radius 3 is 2.00 bits per heavy atom. The quantitative estimate of drug-likeness (QED) is 0.560. The first kappa shape index (κ1) is 17.4. The molecule has 0 bridgehead atoms. The fourth-order valence-corrected chi connectivity index (χ4v) is 2.13. The van der Waals surface area contributed by atoms with Crippen LogP contribution in [0.4, 0.5) is 0 Å². The van der Waals surface area contributed by atoms with Crippen LogP contribution in [0.1, 0.15) is 27.7 Å². The van der Waals surface area contributed by atoms with E-state index in [1.165, 1.54) is 20.8 Å². The highest BCUT2D eigenvalue weighted by Gasteiger charge is 2.47. The number of aliphatic hydroxyl groups is 1. The summed E-state index contributed by atoms with van der Waals surface area (Å²) in [7, 11) is 0. The van der Waals surface area contributed by atoms with Crippen LogP contribution in [0.2, 0.25) is 0 Å². The fourth-order valence-electron chi connectivity index (χ4n) is 2.13. The number of rotatable bonds is 4. The van der Waals surface area contributed by atoms with Crippen LogP contribution in [0.15, 0.2) is 0 Å². The van der Waals surface area contributed by atoms with Gasteiger partial charge in [-0.25, -0.2) is 0 Å². The van der Waals surface area contributed by atoms with Gasteiger partial charge in [0.1, 0.15) is 18.8 Å². The standard InChI is InChI=1S/C13H20O8/c1-6-10(5-18-7(2)14)21-13(17)12(20-9(4)16)11(6)19-8(3)15/h6,10-13,17H,5H2,1-4H3/t6-,10-,11+,12-,13+/m1/s1. The molecule has 0 unspecified atom stereocenters. The molecule has 1 fully saturated rings. The summed E-state index contributed by atoms with van der Waals surface area (Å²) in [5, 5.41) is 9.92. The summed E-state index contributed by atoms with van der Waals surface area (Å²) in [5.74, 6) is -2.15. The Labute approximate surface area is 122 Å². The minimum Gasteiger partial charge on any atom is -0.463 e. The number of hydrogen-bond acceptors (Lipinski definition) is 8. The molecule has 1 heterocycles. The third-order valence-corrected chi connectivity index (χ3v) is 3.08. The van der Waals surface area contributed by atoms with Crippen molar-refractivity contribution in [3.63, 3.8) is 0 Å². The minimum atomic E-state index is -1.48. The van der Waals surface area contributed by atoms with Crippen LogP contribution in [0, 0.1) is 5.92 Å². The Bertz CT molecular complexity index is 407. The van der Waals surface area contributed by atoms with Crippen LogP contribution in [-0.2, 0) is 33.3 Å². The molecule has 120 valence electrons. The van der Waals surface area contributed by atoms with Crippen LogP contribution in [0.3, 0.4) is 0 Å². The van der Waals surface area contributed by atoms with E-state index in [9.17, 15) is 19.5 Å². The second kappa shape index (κ2) is 7.37. The van der Waals surface area contributed by atoms with Crippen LogP contribution in [0.25, 0.3) is 0 Å². The van der Waals surface area contributed by atoms with Crippen LogP contribution < -0.4 is 0 Å². The molecule has 0 spiro atoms. The molecule has 0 aromatic rings. The number of ether oxygens (including phenoxy) is 4. The Morgan fingerprint density at radius 1 is 1.00 bits per heavy atom. The summed E-state index contributed by atoms with van der Waals surface area (Å²) in [6.07, 6.45) is -4.18. The minimum absolute atomic E-state index is 0.0991. The predicted molar refractivity (Wildman–Crippen MR) is 67.8 cm³/mol. The zero-order chi connectivity index (χ0) is 16.2. The summed E-state index contributed by atoms with van der Waals surface area (Å²) in [5.41, 5.74) is 0. The smallest absolute Gasteiger partial charge is 0.303 e. The van der Waals surface area contributed by atoms with Gasteiger partial charge in [-0.2, -0.15) is 0 Å². The summed E-state index contributed by atoms with van der Waals surface area (Å²) in [6, 6.07) is 0. The third-order valence-electron chi connectivity index (χ3n) is 3.08. The van der Waals surface area contributed by atoms with E-state index in [-0.39, 0.29) is 6.61 Å². The van der Waals surface area contributed by atoms with Crippen molar-refractivity contribution < 1.29 is 38.4 Å². The number of carbonyl (C=O) groups excluding carboxylic acids is 3. The summed E-state index contributed by atoms with van der Waals surface area (Å²) in [4.78, 5) is 33.1. The second-order valence-electron chi connectivity index (χ2n) is 4.87. The molecule has 1 saturated heterocycles. The fraction of sp³-hybridized carbons (Fsp3) is 0.769. The van der Waals surface area contributed by atoms with Gasteiger partial charge in [-0.3, -0.25) is 14.4 Å². The van der Waals surface area contributed by atoms with E-state index in [1.54, 1.807) is 6.92 Å². The van der Waals surface area contributed by atoms with Gasteiger partial charge in [-0.1, -0.05) is 6.92 Å². The van der Waals surface area contributed by atoms with Gasteiger partial charge in [0.15, 0.2) is 12.4 Å². The second-order valence-corrected chi connectivity index (χ2v) is 4.87. The van der Waals surface area contributed by atoms with Gasteiger partial charge < -0.3 is 24.1 Å². The van der Waals surface area contributed by atoms with E-state index in [0.717, 1.165) is 0 Å². The SMILES string of the molecule is CC(=O)OC[C@H]1O[C@H](O)[C@H](OC(C)=O)[C@@H](OC(C)=O)[C@@H]1C. The maximum absolute atomic E-state index is 11.2. The molecule has 0 radical (unpaired) electrons. The van der Waals surface area contributed by atoms with E-state index in [0.29, 0.717) is 0 Å². The van der Waals surface area contributed by atoms with Gasteiger partial charge in [0.05, 0.1) is 0 Å². The van der Waals surface area contributed by atoms with E-state index in [1.807, 2.05) is 0 Å². The molecule has 0 saturated carbocycles. The van der Waals surface area contributed by atoms with E-state index in [4.69, 9.17) is 18.9 Å². The normalized spacial score (nSPS) is 32.1. The van der Waals surface area contributed by atoms with Crippen molar-refractivity contribution in [2.45, 2.75) is 52.3 Å². The molecule has 1 aliphatic rings. The molecule has 0 aliphatic carbocycles. The predicted octanol–water partition coefficient (Wildman–Crippen LogP) is -0.234. The van der Waals surface area contributed by atoms with E-state index < -0.39 is 48.4 Å². The highest BCUT2D eigenvalue weighted by molar-refractivity contribution is 5.67. The Kier molecular flexibility index (Phi) is 6.10. The first-order valence-corrected chi connectivity index (χ1v) is 6.53. The zero-order valence-corrected chi connectivity index (χ0v) is 12.4. The Balaban J connectivity index is 2.87. The molecule has 8 nitrogen and oxygen atoms in total. The summed E-state index contributed by atoms with van der Waals surface area (Å²) < 4.78 is 20.2. The van der Waals surface area contributed by atoms with E-state index in [2.05, 4.69) is 0 Å². The van der Waals surface area contributed by atoms with Gasteiger partial charge in [-0.15, -0.1) is 0 Å². The summed E-state index contributed by atoms with van der Waals surface area (Å²) >= 11 is 0. The van der Waals surface area contributed by atoms with Crippen molar-refractivity contribution in [1.29, 1.82) is 0 Å². The third kappa shape index (κ3) is 4.98. The largest absolute Gasteiger partial charge is 0.463 e. The number of esters is 3. The molecule has 21 heavy (non-hydrogen) atoms. The van der Waals surface area contributed by atoms with Crippen LogP contribution >= 0.6 is 0 Å². The van der Waals surface area contributed by atoms with Gasteiger partial charge in [0.25, 0.3) is 0 Å². The van der Waals surface area contributed by atoms with Crippen LogP contribution in [-0.4, -0.2) is 54.2 Å². The first-order valence-electron chi connectivity index (χ1n) is 6.53. The molecule has 8 heteroatoms. The molecule has 0 aromatic heterocycles. The Morgan fingerprint density at radius 2 is 1.52 bits per heavy atom. The molecule has 1 rings (SSSR count). The van der Waals surface area contributed by atoms with Crippen molar-refractivity contribution in [2.24, 2.45) is 5.92 Å². The lowest BCUT2D eigenvalue weighted by Crippen LogP contribution is -2.57. The van der Waals surface area contributed by atoms with Gasteiger partial charge in [0, 0.05) is 26.7 Å². The van der Waals surface area contributed by atoms with Gasteiger partial charge in [0.2, 0.25) is 0 Å². The van der Waals surface area contributed by atoms with Crippen molar-refractivity contribution >= 4 is 17.9 Å². The average molecular weight is 304 g/mol. The van der Waals surface area contributed by atoms with Crippen LogP contribution in [0.5, 0.6) is 0 Å². The first-order chi connectivity index (χ1) is 9.72. The van der Waals surface area contributed by atoms with Crippen molar-refractivity contribution in [2.75, 3.05) is 6.61 Å². The molecular weight excluding hydrogens is 284 g/mol. The van der Waals surface area contributed by atoms with Crippen molar-refractivity contribution in [1.82, 2.24) is 0 Å². The van der Waals surface area contributed by atoms with Crippen molar-refractivity contribution in [3.05, 3.63) is 0 Å². The average Bonchev–Trinajstić information content (AvgIpc) is 2.35. The molecule has 0 amide bonds. The highest BCUT2D eigenvalue weighted by atomic mass is 16.7. The topological polar surface area (TPSA) is 108 Å². The Hall–Kier alpha value is -1.67.